The molecule has 1 aromatic carbocycles. The Labute approximate surface area is 113 Å². The molecule has 2 atom stereocenters. The molecule has 2 rings (SSSR count). The van der Waals surface area contributed by atoms with Crippen molar-refractivity contribution in [1.29, 1.82) is 5.26 Å². The summed E-state index contributed by atoms with van der Waals surface area (Å²) >= 11 is 0. The molecule has 1 aliphatic carbocycles. The topological polar surface area (TPSA) is 78.9 Å². The van der Waals surface area contributed by atoms with Crippen LogP contribution >= 0.6 is 0 Å². The average Bonchev–Trinajstić information content (AvgIpc) is 2.41. The highest BCUT2D eigenvalue weighted by Gasteiger charge is 2.28. The molecule has 1 fully saturated rings. The minimum Gasteiger partial charge on any atom is -0.327 e. The number of aryl methyl sites for hydroxylation is 1. The van der Waals surface area contributed by atoms with Crippen LogP contribution < -0.4 is 11.1 Å². The van der Waals surface area contributed by atoms with Gasteiger partial charge in [-0.2, -0.15) is 5.26 Å². The zero-order chi connectivity index (χ0) is 13.8. The first-order valence-corrected chi connectivity index (χ1v) is 6.69. The van der Waals surface area contributed by atoms with Crippen molar-refractivity contribution in [2.75, 3.05) is 5.32 Å². The molecule has 4 heteroatoms. The number of benzene rings is 1. The van der Waals surface area contributed by atoms with E-state index in [-0.39, 0.29) is 17.9 Å². The third-order valence-corrected chi connectivity index (χ3v) is 3.78. The molecule has 1 amide bonds. The molecule has 0 aliphatic heterocycles. The molecule has 3 N–H and O–H groups in total. The van der Waals surface area contributed by atoms with E-state index in [1.54, 1.807) is 12.1 Å². The van der Waals surface area contributed by atoms with Gasteiger partial charge in [0.1, 0.15) is 0 Å². The van der Waals surface area contributed by atoms with Crippen molar-refractivity contribution in [1.82, 2.24) is 0 Å². The number of nitrogens with zero attached hydrogens (tertiary/aromatic N) is 1. The second-order valence-electron chi connectivity index (χ2n) is 5.19. The summed E-state index contributed by atoms with van der Waals surface area (Å²) in [5.41, 5.74) is 8.23. The molecule has 1 aromatic rings. The second-order valence-corrected chi connectivity index (χ2v) is 5.19. The fourth-order valence-corrected chi connectivity index (χ4v) is 2.54. The molecule has 2 unspecified atom stereocenters. The van der Waals surface area contributed by atoms with Crippen molar-refractivity contribution in [2.45, 2.75) is 38.6 Å². The van der Waals surface area contributed by atoms with Crippen LogP contribution in [-0.4, -0.2) is 11.9 Å². The van der Waals surface area contributed by atoms with E-state index >= 15 is 0 Å². The predicted octanol–water partition coefficient (Wildman–Crippen LogP) is 2.32. The van der Waals surface area contributed by atoms with Crippen LogP contribution in [0.5, 0.6) is 0 Å². The lowest BCUT2D eigenvalue weighted by Gasteiger charge is -2.27. The zero-order valence-corrected chi connectivity index (χ0v) is 11.1. The molecule has 0 saturated heterocycles. The molecular weight excluding hydrogens is 238 g/mol. The van der Waals surface area contributed by atoms with Crippen molar-refractivity contribution in [3.8, 4) is 6.07 Å². The Morgan fingerprint density at radius 1 is 1.42 bits per heavy atom. The van der Waals surface area contributed by atoms with Crippen LogP contribution in [0, 0.1) is 24.2 Å². The number of nitriles is 1. The number of nitrogens with two attached hydrogens (primary N) is 1. The third kappa shape index (κ3) is 3.12. The van der Waals surface area contributed by atoms with E-state index in [0.29, 0.717) is 11.3 Å². The first-order chi connectivity index (χ1) is 9.11. The van der Waals surface area contributed by atoms with Gasteiger partial charge >= 0.3 is 0 Å². The van der Waals surface area contributed by atoms with E-state index in [1.165, 1.54) is 0 Å². The zero-order valence-electron chi connectivity index (χ0n) is 11.1. The van der Waals surface area contributed by atoms with E-state index in [1.807, 2.05) is 13.0 Å². The summed E-state index contributed by atoms with van der Waals surface area (Å²) in [4.78, 5) is 12.3. The summed E-state index contributed by atoms with van der Waals surface area (Å²) in [5, 5.41) is 11.8. The van der Waals surface area contributed by atoms with E-state index in [9.17, 15) is 4.79 Å². The maximum absolute atomic E-state index is 12.3. The van der Waals surface area contributed by atoms with Gasteiger partial charge < -0.3 is 11.1 Å². The van der Waals surface area contributed by atoms with Gasteiger partial charge in [0.2, 0.25) is 5.91 Å². The van der Waals surface area contributed by atoms with Gasteiger partial charge in [-0.3, -0.25) is 4.79 Å². The molecule has 0 spiro atoms. The number of nitrogens with one attached hydrogen (secondary N) is 1. The van der Waals surface area contributed by atoms with Gasteiger partial charge in [0, 0.05) is 11.7 Å². The Morgan fingerprint density at radius 3 is 2.84 bits per heavy atom. The van der Waals surface area contributed by atoms with Gasteiger partial charge in [-0.05, 0) is 37.5 Å². The largest absolute Gasteiger partial charge is 0.327 e. The lowest BCUT2D eigenvalue weighted by Crippen LogP contribution is -2.40. The summed E-state index contributed by atoms with van der Waals surface area (Å²) in [6, 6.07) is 7.33. The van der Waals surface area contributed by atoms with Gasteiger partial charge in [-0.15, -0.1) is 0 Å². The van der Waals surface area contributed by atoms with Gasteiger partial charge in [-0.1, -0.05) is 18.9 Å². The number of anilines is 1. The average molecular weight is 257 g/mol. The van der Waals surface area contributed by atoms with Crippen LogP contribution in [0.4, 0.5) is 5.69 Å². The predicted molar refractivity (Wildman–Crippen MR) is 74.5 cm³/mol. The number of rotatable bonds is 2. The van der Waals surface area contributed by atoms with Crippen LogP contribution in [0.25, 0.3) is 0 Å². The Hall–Kier alpha value is -1.86. The Bertz CT molecular complexity index is 519. The quantitative estimate of drug-likeness (QED) is 0.853. The van der Waals surface area contributed by atoms with Crippen molar-refractivity contribution in [3.05, 3.63) is 29.3 Å². The maximum atomic E-state index is 12.3. The Balaban J connectivity index is 2.12. The lowest BCUT2D eigenvalue weighted by molar-refractivity contribution is -0.121. The van der Waals surface area contributed by atoms with Crippen LogP contribution in [0.15, 0.2) is 18.2 Å². The van der Waals surface area contributed by atoms with Crippen LogP contribution in [0.3, 0.4) is 0 Å². The van der Waals surface area contributed by atoms with Gasteiger partial charge in [-0.25, -0.2) is 0 Å². The van der Waals surface area contributed by atoms with E-state index < -0.39 is 0 Å². The summed E-state index contributed by atoms with van der Waals surface area (Å²) < 4.78 is 0. The molecular formula is C15H19N3O. The van der Waals surface area contributed by atoms with Crippen LogP contribution in [0.1, 0.15) is 36.8 Å². The molecule has 0 radical (unpaired) electrons. The highest BCUT2D eigenvalue weighted by molar-refractivity contribution is 5.94. The molecule has 19 heavy (non-hydrogen) atoms. The fraction of sp³-hybridized carbons (Fsp3) is 0.467. The number of carbonyl (C=O) groups is 1. The van der Waals surface area contributed by atoms with Crippen LogP contribution in [0.2, 0.25) is 0 Å². The number of carbonyl (C=O) groups excluding carboxylic acids is 1. The maximum Gasteiger partial charge on any atom is 0.229 e. The first kappa shape index (κ1) is 13.6. The third-order valence-electron chi connectivity index (χ3n) is 3.78. The minimum atomic E-state index is -0.112. The molecule has 0 heterocycles. The first-order valence-electron chi connectivity index (χ1n) is 6.69. The molecule has 4 nitrogen and oxygen atoms in total. The minimum absolute atomic E-state index is 0.0228. The van der Waals surface area contributed by atoms with Crippen molar-refractivity contribution >= 4 is 11.6 Å². The molecule has 100 valence electrons. The van der Waals surface area contributed by atoms with Crippen molar-refractivity contribution in [2.24, 2.45) is 11.7 Å². The van der Waals surface area contributed by atoms with Crippen molar-refractivity contribution < 1.29 is 4.79 Å². The second kappa shape index (κ2) is 5.85. The Kier molecular flexibility index (Phi) is 4.18. The standard InChI is InChI=1S/C15H19N3O/c1-10-6-7-11(9-16)8-14(10)18-15(19)12-4-2-3-5-13(12)17/h6-8,12-13H,2-5,17H2,1H3,(H,18,19). The summed E-state index contributed by atoms with van der Waals surface area (Å²) in [5.74, 6) is -0.135. The highest BCUT2D eigenvalue weighted by atomic mass is 16.1. The number of amides is 1. The molecule has 0 bridgehead atoms. The van der Waals surface area contributed by atoms with Gasteiger partial charge in [0.05, 0.1) is 17.6 Å². The molecule has 0 aromatic heterocycles. The summed E-state index contributed by atoms with van der Waals surface area (Å²) in [6.45, 7) is 1.91. The highest BCUT2D eigenvalue weighted by Crippen LogP contribution is 2.25. The van der Waals surface area contributed by atoms with Crippen LogP contribution in [-0.2, 0) is 4.79 Å². The summed E-state index contributed by atoms with van der Waals surface area (Å²) in [7, 11) is 0. The molecule has 1 aliphatic rings. The Morgan fingerprint density at radius 2 is 2.16 bits per heavy atom. The van der Waals surface area contributed by atoms with E-state index in [2.05, 4.69) is 11.4 Å². The van der Waals surface area contributed by atoms with Gasteiger partial charge in [0.15, 0.2) is 0 Å². The van der Waals surface area contributed by atoms with Gasteiger partial charge in [0.25, 0.3) is 0 Å². The normalized spacial score (nSPS) is 22.6. The monoisotopic (exact) mass is 257 g/mol. The number of hydrogen-bond acceptors (Lipinski definition) is 3. The fourth-order valence-electron chi connectivity index (χ4n) is 2.54. The van der Waals surface area contributed by atoms with E-state index in [0.717, 1.165) is 31.2 Å². The van der Waals surface area contributed by atoms with E-state index in [4.69, 9.17) is 11.0 Å². The summed E-state index contributed by atoms with van der Waals surface area (Å²) in [6.07, 6.45) is 3.93. The van der Waals surface area contributed by atoms with Crippen molar-refractivity contribution in [3.63, 3.8) is 0 Å². The smallest absolute Gasteiger partial charge is 0.229 e. The SMILES string of the molecule is Cc1ccc(C#N)cc1NC(=O)C1CCCCC1N. The lowest BCUT2D eigenvalue weighted by atomic mass is 9.84. The number of hydrogen-bond donors (Lipinski definition) is 2. The molecule has 1 saturated carbocycles.